The van der Waals surface area contributed by atoms with Gasteiger partial charge in [0.05, 0.1) is 23.2 Å². The molecular formula is C21H21ClN6O3. The van der Waals surface area contributed by atoms with Crippen LogP contribution in [-0.2, 0) is 6.54 Å². The third kappa shape index (κ3) is 4.73. The summed E-state index contributed by atoms with van der Waals surface area (Å²) in [7, 11) is 0. The fourth-order valence-corrected chi connectivity index (χ4v) is 3.32. The van der Waals surface area contributed by atoms with Gasteiger partial charge in [0.1, 0.15) is 5.69 Å². The van der Waals surface area contributed by atoms with Crippen LogP contribution in [0.25, 0.3) is 22.0 Å². The number of nitrogens with zero attached hydrogens (tertiary/aromatic N) is 3. The molecule has 10 heteroatoms. The number of rotatable bonds is 7. The molecule has 0 aliphatic heterocycles. The van der Waals surface area contributed by atoms with Crippen LogP contribution in [0.1, 0.15) is 5.56 Å². The van der Waals surface area contributed by atoms with Crippen LogP contribution >= 0.6 is 12.4 Å². The molecule has 0 amide bonds. The predicted octanol–water partition coefficient (Wildman–Crippen LogP) is 3.14. The Morgan fingerprint density at radius 2 is 1.94 bits per heavy atom. The monoisotopic (exact) mass is 440 g/mol. The number of aromatic amines is 1. The Kier molecular flexibility index (Phi) is 6.68. The molecule has 0 saturated carbocycles. The van der Waals surface area contributed by atoms with E-state index in [1.54, 1.807) is 35.2 Å². The first-order valence-corrected chi connectivity index (χ1v) is 9.40. The van der Waals surface area contributed by atoms with Crippen molar-refractivity contribution in [3.8, 4) is 11.1 Å². The smallest absolute Gasteiger partial charge is 0.292 e. The van der Waals surface area contributed by atoms with Gasteiger partial charge in [0.25, 0.3) is 11.2 Å². The van der Waals surface area contributed by atoms with Crippen LogP contribution in [0.15, 0.2) is 65.7 Å². The Balaban J connectivity index is 0.00000272. The number of pyridine rings is 1. The molecule has 9 nitrogen and oxygen atoms in total. The maximum atomic E-state index is 12.4. The van der Waals surface area contributed by atoms with E-state index in [-0.39, 0.29) is 30.2 Å². The molecule has 160 valence electrons. The van der Waals surface area contributed by atoms with Gasteiger partial charge in [-0.25, -0.2) is 0 Å². The van der Waals surface area contributed by atoms with Crippen molar-refractivity contribution >= 4 is 34.7 Å². The van der Waals surface area contributed by atoms with Crippen molar-refractivity contribution in [1.29, 1.82) is 0 Å². The Hall–Kier alpha value is -3.69. The van der Waals surface area contributed by atoms with E-state index < -0.39 is 4.92 Å². The van der Waals surface area contributed by atoms with Crippen molar-refractivity contribution in [2.45, 2.75) is 6.54 Å². The quantitative estimate of drug-likeness (QED) is 0.299. The lowest BCUT2D eigenvalue weighted by molar-refractivity contribution is -0.384. The summed E-state index contributed by atoms with van der Waals surface area (Å²) in [6.07, 6.45) is 3.51. The first-order valence-electron chi connectivity index (χ1n) is 9.40. The minimum Gasteiger partial charge on any atom is -0.378 e. The minimum atomic E-state index is -0.443. The highest BCUT2D eigenvalue weighted by Gasteiger charge is 2.15. The van der Waals surface area contributed by atoms with E-state index in [2.05, 4.69) is 15.5 Å². The zero-order chi connectivity index (χ0) is 21.1. The van der Waals surface area contributed by atoms with Crippen molar-refractivity contribution in [3.05, 3.63) is 87.0 Å². The van der Waals surface area contributed by atoms with Gasteiger partial charge in [-0.3, -0.25) is 20.0 Å². The van der Waals surface area contributed by atoms with Crippen LogP contribution in [0, 0.1) is 10.1 Å². The molecule has 31 heavy (non-hydrogen) atoms. The highest BCUT2D eigenvalue weighted by Crippen LogP contribution is 2.26. The van der Waals surface area contributed by atoms with Gasteiger partial charge in [0.2, 0.25) is 0 Å². The fraction of sp³-hybridized carbons (Fsp3) is 0.143. The lowest BCUT2D eigenvalue weighted by atomic mass is 10.1. The molecule has 0 saturated heterocycles. The summed E-state index contributed by atoms with van der Waals surface area (Å²) in [5.41, 5.74) is 9.00. The lowest BCUT2D eigenvalue weighted by Gasteiger charge is -2.11. The van der Waals surface area contributed by atoms with Crippen LogP contribution in [-0.4, -0.2) is 32.8 Å². The van der Waals surface area contributed by atoms with E-state index in [1.807, 2.05) is 18.2 Å². The number of fused-ring (bicyclic) bond motifs is 1. The molecule has 0 aliphatic carbocycles. The van der Waals surface area contributed by atoms with Crippen LogP contribution in [0.5, 0.6) is 0 Å². The third-order valence-electron chi connectivity index (χ3n) is 4.83. The highest BCUT2D eigenvalue weighted by molar-refractivity contribution is 5.85. The van der Waals surface area contributed by atoms with Gasteiger partial charge >= 0.3 is 0 Å². The molecule has 2 heterocycles. The summed E-state index contributed by atoms with van der Waals surface area (Å²) in [6.45, 7) is 1.02. The van der Waals surface area contributed by atoms with Gasteiger partial charge in [-0.05, 0) is 34.9 Å². The van der Waals surface area contributed by atoms with Crippen molar-refractivity contribution in [2.75, 3.05) is 18.4 Å². The lowest BCUT2D eigenvalue weighted by Crippen LogP contribution is -2.19. The number of benzene rings is 2. The standard InChI is InChI=1S/C21H20N6O3.ClH/c22-7-8-23-18-5-1-14(9-20(18)27(29)30)12-26-13-17(4-6-21(26)28)15-2-3-16-11-24-25-19(16)10-15;/h1-6,9-11,13,23H,7-8,12,22H2,(H,24,25);1H. The first kappa shape index (κ1) is 22.0. The first-order chi connectivity index (χ1) is 14.5. The van der Waals surface area contributed by atoms with Crippen LogP contribution < -0.4 is 16.6 Å². The van der Waals surface area contributed by atoms with E-state index >= 15 is 0 Å². The van der Waals surface area contributed by atoms with Gasteiger partial charge in [0.15, 0.2) is 0 Å². The summed E-state index contributed by atoms with van der Waals surface area (Å²) in [5, 5.41) is 22.3. The molecule has 4 aromatic rings. The van der Waals surface area contributed by atoms with Gasteiger partial charge in [-0.1, -0.05) is 18.2 Å². The molecule has 4 N–H and O–H groups in total. The zero-order valence-electron chi connectivity index (χ0n) is 16.4. The molecule has 0 radical (unpaired) electrons. The number of nitrogens with two attached hydrogens (primary N) is 1. The Labute approximate surface area is 183 Å². The molecule has 0 spiro atoms. The topological polar surface area (TPSA) is 132 Å². The van der Waals surface area contributed by atoms with Gasteiger partial charge in [0, 0.05) is 36.8 Å². The second-order valence-corrected chi connectivity index (χ2v) is 6.88. The molecule has 4 rings (SSSR count). The Morgan fingerprint density at radius 1 is 1.13 bits per heavy atom. The van der Waals surface area contributed by atoms with Crippen molar-refractivity contribution in [3.63, 3.8) is 0 Å². The minimum absolute atomic E-state index is 0. The average Bonchev–Trinajstić information content (AvgIpc) is 3.22. The summed E-state index contributed by atoms with van der Waals surface area (Å²) in [4.78, 5) is 23.4. The van der Waals surface area contributed by atoms with E-state index in [4.69, 9.17) is 5.73 Å². The molecule has 0 atom stereocenters. The normalized spacial score (nSPS) is 10.6. The molecule has 2 aromatic heterocycles. The summed E-state index contributed by atoms with van der Waals surface area (Å²) in [6, 6.07) is 14.0. The number of hydrogen-bond acceptors (Lipinski definition) is 6. The molecular weight excluding hydrogens is 420 g/mol. The van der Waals surface area contributed by atoms with Gasteiger partial charge < -0.3 is 15.6 Å². The maximum Gasteiger partial charge on any atom is 0.292 e. The number of nitro benzene ring substituents is 1. The van der Waals surface area contributed by atoms with E-state index in [9.17, 15) is 14.9 Å². The number of hydrogen-bond donors (Lipinski definition) is 3. The van der Waals surface area contributed by atoms with Crippen LogP contribution in [0.3, 0.4) is 0 Å². The highest BCUT2D eigenvalue weighted by atomic mass is 35.5. The third-order valence-corrected chi connectivity index (χ3v) is 4.83. The van der Waals surface area contributed by atoms with Gasteiger partial charge in [-0.15, -0.1) is 12.4 Å². The Morgan fingerprint density at radius 3 is 2.71 bits per heavy atom. The van der Waals surface area contributed by atoms with Crippen molar-refractivity contribution < 1.29 is 4.92 Å². The number of nitrogens with one attached hydrogen (secondary N) is 2. The SMILES string of the molecule is Cl.NCCNc1ccc(Cn2cc(-c3ccc4cn[nH]c4c3)ccc2=O)cc1[N+](=O)[O-]. The van der Waals surface area contributed by atoms with E-state index in [0.717, 1.165) is 22.0 Å². The molecule has 2 aromatic carbocycles. The number of halogens is 1. The van der Waals surface area contributed by atoms with E-state index in [0.29, 0.717) is 24.3 Å². The van der Waals surface area contributed by atoms with Crippen molar-refractivity contribution in [2.24, 2.45) is 5.73 Å². The summed E-state index contributed by atoms with van der Waals surface area (Å²) < 4.78 is 1.54. The zero-order valence-corrected chi connectivity index (χ0v) is 17.3. The van der Waals surface area contributed by atoms with E-state index in [1.165, 1.54) is 12.1 Å². The second-order valence-electron chi connectivity index (χ2n) is 6.88. The molecule has 0 aliphatic rings. The fourth-order valence-electron chi connectivity index (χ4n) is 3.32. The van der Waals surface area contributed by atoms with Crippen LogP contribution in [0.2, 0.25) is 0 Å². The van der Waals surface area contributed by atoms with Gasteiger partial charge in [-0.2, -0.15) is 5.10 Å². The number of H-pyrrole nitrogens is 1. The number of aromatic nitrogens is 3. The molecule has 0 bridgehead atoms. The van der Waals surface area contributed by atoms with Crippen molar-refractivity contribution in [1.82, 2.24) is 14.8 Å². The molecule has 0 unspecified atom stereocenters. The second kappa shape index (κ2) is 9.41. The maximum absolute atomic E-state index is 12.4. The average molecular weight is 441 g/mol. The summed E-state index contributed by atoms with van der Waals surface area (Å²) in [5.74, 6) is 0. The predicted molar refractivity (Wildman–Crippen MR) is 123 cm³/mol. The number of nitro groups is 1. The summed E-state index contributed by atoms with van der Waals surface area (Å²) >= 11 is 0. The number of anilines is 1. The molecule has 0 fully saturated rings. The Bertz CT molecular complexity index is 1280. The van der Waals surface area contributed by atoms with Crippen LogP contribution in [0.4, 0.5) is 11.4 Å². The largest absolute Gasteiger partial charge is 0.378 e.